The van der Waals surface area contributed by atoms with Gasteiger partial charge in [-0.25, -0.2) is 8.42 Å². The monoisotopic (exact) mass is 420 g/mol. The summed E-state index contributed by atoms with van der Waals surface area (Å²) in [7, 11) is -3.86. The molecule has 1 amide bonds. The van der Waals surface area contributed by atoms with Gasteiger partial charge >= 0.3 is 0 Å². The van der Waals surface area contributed by atoms with E-state index in [1.54, 1.807) is 17.0 Å². The molecule has 1 saturated heterocycles. The highest BCUT2D eigenvalue weighted by atomic mass is 35.5. The number of likely N-dealkylation sites (tertiary alicyclic amines) is 1. The molecule has 1 aliphatic heterocycles. The molecule has 0 unspecified atom stereocenters. The number of rotatable bonds is 6. The van der Waals surface area contributed by atoms with E-state index in [-0.39, 0.29) is 23.9 Å². The average Bonchev–Trinajstić information content (AvgIpc) is 2.98. The van der Waals surface area contributed by atoms with Gasteiger partial charge in [0.15, 0.2) is 0 Å². The topological polar surface area (TPSA) is 57.7 Å². The van der Waals surface area contributed by atoms with E-state index >= 15 is 0 Å². The van der Waals surface area contributed by atoms with Gasteiger partial charge in [-0.1, -0.05) is 60.8 Å². The average molecular weight is 421 g/mol. The van der Waals surface area contributed by atoms with Crippen LogP contribution in [0.3, 0.4) is 0 Å². The molecular weight excluding hydrogens is 396 g/mol. The van der Waals surface area contributed by atoms with Gasteiger partial charge in [0, 0.05) is 24.7 Å². The van der Waals surface area contributed by atoms with Gasteiger partial charge in [0.25, 0.3) is 0 Å². The maximum absolute atomic E-state index is 13.3. The zero-order valence-electron chi connectivity index (χ0n) is 15.8. The molecule has 0 radical (unpaired) electrons. The Kier molecular flexibility index (Phi) is 7.10. The summed E-state index contributed by atoms with van der Waals surface area (Å²) >= 11 is 6.00. The molecule has 0 spiro atoms. The van der Waals surface area contributed by atoms with Gasteiger partial charge in [-0.15, -0.1) is 0 Å². The minimum Gasteiger partial charge on any atom is -0.342 e. The van der Waals surface area contributed by atoms with Crippen molar-refractivity contribution in [1.82, 2.24) is 9.21 Å². The Morgan fingerprint density at radius 3 is 2.29 bits per heavy atom. The van der Waals surface area contributed by atoms with Crippen LogP contribution in [-0.2, 0) is 21.4 Å². The smallest absolute Gasteiger partial charge is 0.243 e. The van der Waals surface area contributed by atoms with Crippen LogP contribution < -0.4 is 0 Å². The number of amides is 1. The lowest BCUT2D eigenvalue weighted by atomic mass is 10.2. The van der Waals surface area contributed by atoms with E-state index in [9.17, 15) is 13.2 Å². The summed E-state index contributed by atoms with van der Waals surface area (Å²) in [5.41, 5.74) is 0.830. The van der Waals surface area contributed by atoms with E-state index in [2.05, 4.69) is 0 Å². The molecule has 150 valence electrons. The molecule has 0 aliphatic carbocycles. The lowest BCUT2D eigenvalue weighted by molar-refractivity contribution is -0.131. The van der Waals surface area contributed by atoms with Crippen molar-refractivity contribution in [3.8, 4) is 0 Å². The SMILES string of the molecule is O=C(CN(Cc1ccccc1)S(=O)(=O)c1cccc(Cl)c1)N1CCCCCC1. The van der Waals surface area contributed by atoms with Crippen LogP contribution in [0.1, 0.15) is 31.2 Å². The molecule has 0 atom stereocenters. The quantitative estimate of drug-likeness (QED) is 0.711. The molecule has 3 rings (SSSR count). The predicted octanol–water partition coefficient (Wildman–Crippen LogP) is 3.93. The summed E-state index contributed by atoms with van der Waals surface area (Å²) < 4.78 is 27.8. The molecule has 28 heavy (non-hydrogen) atoms. The summed E-state index contributed by atoms with van der Waals surface area (Å²) in [6.45, 7) is 1.34. The molecule has 1 heterocycles. The Morgan fingerprint density at radius 1 is 0.964 bits per heavy atom. The van der Waals surface area contributed by atoms with Crippen LogP contribution >= 0.6 is 11.6 Å². The molecule has 1 fully saturated rings. The molecule has 5 nitrogen and oxygen atoms in total. The van der Waals surface area contributed by atoms with Crippen LogP contribution in [0.5, 0.6) is 0 Å². The summed E-state index contributed by atoms with van der Waals surface area (Å²) in [5, 5.41) is 0.347. The van der Waals surface area contributed by atoms with Crippen LogP contribution in [0.25, 0.3) is 0 Å². The van der Waals surface area contributed by atoms with Crippen molar-refractivity contribution in [2.45, 2.75) is 37.1 Å². The number of benzene rings is 2. The highest BCUT2D eigenvalue weighted by Gasteiger charge is 2.29. The van der Waals surface area contributed by atoms with Crippen molar-refractivity contribution in [3.05, 3.63) is 65.2 Å². The first kappa shape index (κ1) is 20.8. The van der Waals surface area contributed by atoms with Crippen molar-refractivity contribution in [1.29, 1.82) is 0 Å². The minimum absolute atomic E-state index is 0.0968. The summed E-state index contributed by atoms with van der Waals surface area (Å²) in [6.07, 6.45) is 4.15. The molecule has 0 aromatic heterocycles. The number of nitrogens with zero attached hydrogens (tertiary/aromatic N) is 2. The van der Waals surface area contributed by atoms with E-state index in [0.29, 0.717) is 18.1 Å². The molecule has 0 N–H and O–H groups in total. The Bertz CT molecular complexity index is 895. The maximum atomic E-state index is 13.3. The number of carbonyl (C=O) groups excluding carboxylic acids is 1. The van der Waals surface area contributed by atoms with E-state index < -0.39 is 10.0 Å². The van der Waals surface area contributed by atoms with Crippen LogP contribution in [-0.4, -0.2) is 43.2 Å². The van der Waals surface area contributed by atoms with E-state index in [1.165, 1.54) is 16.4 Å². The Labute approximate surface area is 172 Å². The molecule has 2 aromatic rings. The number of hydrogen-bond donors (Lipinski definition) is 0. The van der Waals surface area contributed by atoms with Crippen molar-refractivity contribution in [3.63, 3.8) is 0 Å². The molecule has 2 aromatic carbocycles. The first-order valence-electron chi connectivity index (χ1n) is 9.54. The lowest BCUT2D eigenvalue weighted by Crippen LogP contribution is -2.43. The highest BCUT2D eigenvalue weighted by Crippen LogP contribution is 2.22. The first-order chi connectivity index (χ1) is 13.5. The van der Waals surface area contributed by atoms with Gasteiger partial charge in [0.1, 0.15) is 0 Å². The summed E-state index contributed by atoms with van der Waals surface area (Å²) in [4.78, 5) is 14.8. The van der Waals surface area contributed by atoms with Crippen LogP contribution in [0.4, 0.5) is 0 Å². The molecule has 0 saturated carbocycles. The highest BCUT2D eigenvalue weighted by molar-refractivity contribution is 7.89. The van der Waals surface area contributed by atoms with Crippen molar-refractivity contribution < 1.29 is 13.2 Å². The molecular formula is C21H25ClN2O3S. The van der Waals surface area contributed by atoms with Gasteiger partial charge in [0.05, 0.1) is 11.4 Å². The van der Waals surface area contributed by atoms with Gasteiger partial charge in [-0.2, -0.15) is 4.31 Å². The van der Waals surface area contributed by atoms with E-state index in [0.717, 1.165) is 31.2 Å². The fourth-order valence-corrected chi connectivity index (χ4v) is 5.04. The van der Waals surface area contributed by atoms with Crippen LogP contribution in [0.2, 0.25) is 5.02 Å². The van der Waals surface area contributed by atoms with Crippen LogP contribution in [0.15, 0.2) is 59.5 Å². The number of halogens is 1. The Morgan fingerprint density at radius 2 is 1.64 bits per heavy atom. The zero-order valence-corrected chi connectivity index (χ0v) is 17.3. The lowest BCUT2D eigenvalue weighted by Gasteiger charge is -2.26. The van der Waals surface area contributed by atoms with Crippen molar-refractivity contribution >= 4 is 27.5 Å². The summed E-state index contributed by atoms with van der Waals surface area (Å²) in [5.74, 6) is -0.150. The van der Waals surface area contributed by atoms with Crippen molar-refractivity contribution in [2.24, 2.45) is 0 Å². The third-order valence-electron chi connectivity index (χ3n) is 4.91. The fourth-order valence-electron chi connectivity index (χ4n) is 3.36. The van der Waals surface area contributed by atoms with E-state index in [4.69, 9.17) is 11.6 Å². The standard InChI is InChI=1S/C21H25ClN2O3S/c22-19-11-8-12-20(15-19)28(26,27)24(16-18-9-4-3-5-10-18)17-21(25)23-13-6-1-2-7-14-23/h3-5,8-12,15H,1-2,6-7,13-14,16-17H2. The zero-order chi connectivity index (χ0) is 20.0. The molecule has 7 heteroatoms. The second kappa shape index (κ2) is 9.54. The molecule has 1 aliphatic rings. The third-order valence-corrected chi connectivity index (χ3v) is 6.93. The largest absolute Gasteiger partial charge is 0.342 e. The van der Waals surface area contributed by atoms with E-state index in [1.807, 2.05) is 30.3 Å². The van der Waals surface area contributed by atoms with Gasteiger partial charge in [-0.05, 0) is 36.6 Å². The molecule has 0 bridgehead atoms. The minimum atomic E-state index is -3.86. The third kappa shape index (κ3) is 5.34. The second-order valence-corrected chi connectivity index (χ2v) is 9.39. The van der Waals surface area contributed by atoms with Gasteiger partial charge < -0.3 is 4.90 Å². The van der Waals surface area contributed by atoms with Crippen LogP contribution in [0, 0.1) is 0 Å². The van der Waals surface area contributed by atoms with Crippen molar-refractivity contribution in [2.75, 3.05) is 19.6 Å². The number of hydrogen-bond acceptors (Lipinski definition) is 3. The summed E-state index contributed by atoms with van der Waals surface area (Å²) in [6, 6.07) is 15.5. The second-order valence-electron chi connectivity index (χ2n) is 7.01. The number of carbonyl (C=O) groups is 1. The maximum Gasteiger partial charge on any atom is 0.243 e. The first-order valence-corrected chi connectivity index (χ1v) is 11.4. The number of sulfonamides is 1. The van der Waals surface area contributed by atoms with Gasteiger partial charge in [0.2, 0.25) is 15.9 Å². The Hall–Kier alpha value is -1.89. The van der Waals surface area contributed by atoms with Gasteiger partial charge in [-0.3, -0.25) is 4.79 Å². The normalized spacial score (nSPS) is 15.4. The Balaban J connectivity index is 1.87. The predicted molar refractivity (Wildman–Crippen MR) is 111 cm³/mol. The fraction of sp³-hybridized carbons (Fsp3) is 0.381.